The Kier molecular flexibility index (Phi) is 7.09. The zero-order valence-corrected chi connectivity index (χ0v) is 20.1. The van der Waals surface area contributed by atoms with Gasteiger partial charge in [-0.3, -0.25) is 14.6 Å². The molecule has 2 atom stereocenters. The standard InChI is InChI=1S/C26H25F6N3O2/c1-3-14(2)35-20-7-5-4-6-18(20)22(15-8-9-15)34-23(24(35)37)33-21(36)12-16-10-11-17(25(27,28)29)13-19(16)26(30,31)32/h4-7,10-11,13-15,23H,3,8-9,12H2,1-2H3,(H,33,36)/t14-,23+/m1/s1. The number of hydrogen-bond donors (Lipinski definition) is 1. The van der Waals surface area contributed by atoms with E-state index in [1.807, 2.05) is 26.0 Å². The van der Waals surface area contributed by atoms with E-state index in [0.717, 1.165) is 18.4 Å². The lowest BCUT2D eigenvalue weighted by atomic mass is 10.00. The Bertz CT molecular complexity index is 1230. The van der Waals surface area contributed by atoms with Gasteiger partial charge in [-0.05, 0) is 49.9 Å². The highest BCUT2D eigenvalue weighted by Gasteiger charge is 2.40. The van der Waals surface area contributed by atoms with Gasteiger partial charge in [0.1, 0.15) is 0 Å². The van der Waals surface area contributed by atoms with Crippen LogP contribution in [-0.2, 0) is 28.4 Å². The predicted molar refractivity (Wildman–Crippen MR) is 125 cm³/mol. The molecule has 1 aliphatic carbocycles. The molecular weight excluding hydrogens is 500 g/mol. The molecule has 0 bridgehead atoms. The van der Waals surface area contributed by atoms with Crippen LogP contribution >= 0.6 is 0 Å². The molecule has 2 aromatic rings. The Hall–Kier alpha value is -3.37. The van der Waals surface area contributed by atoms with Gasteiger partial charge in [0.25, 0.3) is 5.91 Å². The molecule has 37 heavy (non-hydrogen) atoms. The fraction of sp³-hybridized carbons (Fsp3) is 0.423. The van der Waals surface area contributed by atoms with Crippen molar-refractivity contribution in [3.05, 3.63) is 64.7 Å². The van der Waals surface area contributed by atoms with Crippen molar-refractivity contribution in [3.63, 3.8) is 0 Å². The number of fused-ring (bicyclic) bond motifs is 1. The minimum Gasteiger partial charge on any atom is -0.326 e. The highest BCUT2D eigenvalue weighted by atomic mass is 19.4. The maximum Gasteiger partial charge on any atom is 0.416 e. The number of amides is 2. The van der Waals surface area contributed by atoms with Gasteiger partial charge in [0.2, 0.25) is 12.1 Å². The number of anilines is 1. The van der Waals surface area contributed by atoms with Crippen molar-refractivity contribution in [1.82, 2.24) is 5.32 Å². The van der Waals surface area contributed by atoms with Gasteiger partial charge in [-0.15, -0.1) is 0 Å². The van der Waals surface area contributed by atoms with Gasteiger partial charge >= 0.3 is 12.4 Å². The van der Waals surface area contributed by atoms with Crippen molar-refractivity contribution < 1.29 is 35.9 Å². The van der Waals surface area contributed by atoms with Gasteiger partial charge in [0, 0.05) is 17.5 Å². The number of alkyl halides is 6. The van der Waals surface area contributed by atoms with Crippen molar-refractivity contribution in [2.45, 2.75) is 64.1 Å². The zero-order valence-electron chi connectivity index (χ0n) is 20.1. The third-order valence-electron chi connectivity index (χ3n) is 6.57. The second-order valence-corrected chi connectivity index (χ2v) is 9.29. The summed E-state index contributed by atoms with van der Waals surface area (Å²) in [4.78, 5) is 32.5. The third-order valence-corrected chi connectivity index (χ3v) is 6.57. The molecule has 4 rings (SSSR count). The molecular formula is C26H25F6N3O2. The Morgan fingerprint density at radius 3 is 2.35 bits per heavy atom. The highest BCUT2D eigenvalue weighted by Crippen LogP contribution is 2.39. The molecule has 1 saturated carbocycles. The van der Waals surface area contributed by atoms with E-state index in [1.165, 1.54) is 0 Å². The zero-order chi connectivity index (χ0) is 27.1. The SMILES string of the molecule is CC[C@@H](C)N1C(=O)[C@@H](NC(=O)Cc2ccc(C(F)(F)F)cc2C(F)(F)F)N=C(C2CC2)c2ccccc21. The van der Waals surface area contributed by atoms with Crippen LogP contribution in [0.15, 0.2) is 47.5 Å². The topological polar surface area (TPSA) is 61.8 Å². The minimum absolute atomic E-state index is 0.00985. The number of carbonyl (C=O) groups is 2. The summed E-state index contributed by atoms with van der Waals surface area (Å²) in [5.74, 6) is -1.40. The largest absolute Gasteiger partial charge is 0.416 e. The molecule has 2 aliphatic rings. The smallest absolute Gasteiger partial charge is 0.326 e. The number of nitrogens with one attached hydrogen (secondary N) is 1. The van der Waals surface area contributed by atoms with Crippen LogP contribution in [0.4, 0.5) is 32.0 Å². The van der Waals surface area contributed by atoms with Gasteiger partial charge in [0.15, 0.2) is 0 Å². The molecule has 2 amide bonds. The van der Waals surface area contributed by atoms with Gasteiger partial charge in [-0.1, -0.05) is 31.2 Å². The molecule has 1 N–H and O–H groups in total. The van der Waals surface area contributed by atoms with Crippen LogP contribution in [0.5, 0.6) is 0 Å². The number of rotatable bonds is 6. The van der Waals surface area contributed by atoms with E-state index in [1.54, 1.807) is 17.0 Å². The van der Waals surface area contributed by atoms with Gasteiger partial charge in [0.05, 0.1) is 28.9 Å². The highest BCUT2D eigenvalue weighted by molar-refractivity contribution is 6.14. The average molecular weight is 525 g/mol. The molecule has 0 aromatic heterocycles. The summed E-state index contributed by atoms with van der Waals surface area (Å²) in [5, 5.41) is 2.43. The number of benzodiazepines with no additional fused rings is 1. The first-order chi connectivity index (χ1) is 17.3. The van der Waals surface area contributed by atoms with Crippen LogP contribution in [0, 0.1) is 5.92 Å². The van der Waals surface area contributed by atoms with Crippen LogP contribution in [-0.4, -0.2) is 29.7 Å². The quantitative estimate of drug-likeness (QED) is 0.488. The number of hydrogen-bond acceptors (Lipinski definition) is 3. The van der Waals surface area contributed by atoms with Crippen molar-refractivity contribution >= 4 is 23.2 Å². The van der Waals surface area contributed by atoms with Crippen molar-refractivity contribution in [1.29, 1.82) is 0 Å². The Morgan fingerprint density at radius 2 is 1.76 bits per heavy atom. The Balaban J connectivity index is 1.66. The molecule has 0 saturated heterocycles. The summed E-state index contributed by atoms with van der Waals surface area (Å²) in [6.07, 6.45) is -10.0. The first-order valence-corrected chi connectivity index (χ1v) is 11.9. The van der Waals surface area contributed by atoms with E-state index >= 15 is 0 Å². The van der Waals surface area contributed by atoms with Crippen molar-refractivity contribution in [2.75, 3.05) is 4.90 Å². The van der Waals surface area contributed by atoms with Crippen LogP contribution in [0.1, 0.15) is 55.4 Å². The monoisotopic (exact) mass is 525 g/mol. The van der Waals surface area contributed by atoms with Crippen LogP contribution in [0.3, 0.4) is 0 Å². The average Bonchev–Trinajstić information content (AvgIpc) is 3.66. The number of halogens is 6. The third kappa shape index (κ3) is 5.65. The number of aliphatic imine (C=N–C) groups is 1. The second kappa shape index (κ2) is 9.83. The van der Waals surface area contributed by atoms with E-state index in [-0.39, 0.29) is 18.0 Å². The minimum atomic E-state index is -5.11. The first kappa shape index (κ1) is 26.7. The molecule has 1 heterocycles. The molecule has 2 aromatic carbocycles. The molecule has 0 radical (unpaired) electrons. The van der Waals surface area contributed by atoms with E-state index < -0.39 is 53.4 Å². The number of benzene rings is 2. The summed E-state index contributed by atoms with van der Waals surface area (Å²) in [6, 6.07) is 8.11. The van der Waals surface area contributed by atoms with Gasteiger partial charge < -0.3 is 10.2 Å². The van der Waals surface area contributed by atoms with Crippen molar-refractivity contribution in [2.24, 2.45) is 10.9 Å². The maximum atomic E-state index is 13.6. The summed E-state index contributed by atoms with van der Waals surface area (Å²) in [7, 11) is 0. The van der Waals surface area contributed by atoms with Crippen LogP contribution < -0.4 is 10.2 Å². The lowest BCUT2D eigenvalue weighted by molar-refractivity contribution is -0.143. The molecule has 1 aliphatic heterocycles. The predicted octanol–water partition coefficient (Wildman–Crippen LogP) is 5.75. The lowest BCUT2D eigenvalue weighted by Gasteiger charge is -2.30. The summed E-state index contributed by atoms with van der Waals surface area (Å²) < 4.78 is 79.6. The molecule has 0 unspecified atom stereocenters. The fourth-order valence-electron chi connectivity index (χ4n) is 4.38. The van der Waals surface area contributed by atoms with Crippen LogP contribution in [0.2, 0.25) is 0 Å². The second-order valence-electron chi connectivity index (χ2n) is 9.29. The van der Waals surface area contributed by atoms with E-state index in [0.29, 0.717) is 30.0 Å². The maximum absolute atomic E-state index is 13.6. The van der Waals surface area contributed by atoms with Crippen LogP contribution in [0.25, 0.3) is 0 Å². The summed E-state index contributed by atoms with van der Waals surface area (Å²) >= 11 is 0. The van der Waals surface area contributed by atoms with E-state index in [9.17, 15) is 35.9 Å². The van der Waals surface area contributed by atoms with E-state index in [2.05, 4.69) is 10.3 Å². The molecule has 1 fully saturated rings. The number of nitrogens with zero attached hydrogens (tertiary/aromatic N) is 2. The first-order valence-electron chi connectivity index (χ1n) is 11.9. The normalized spacial score (nSPS) is 19.1. The van der Waals surface area contributed by atoms with E-state index in [4.69, 9.17) is 0 Å². The lowest BCUT2D eigenvalue weighted by Crippen LogP contribution is -2.50. The van der Waals surface area contributed by atoms with Gasteiger partial charge in [-0.2, -0.15) is 26.3 Å². The summed E-state index contributed by atoms with van der Waals surface area (Å²) in [6.45, 7) is 3.73. The summed E-state index contributed by atoms with van der Waals surface area (Å²) in [5.41, 5.74) is -1.61. The van der Waals surface area contributed by atoms with Crippen molar-refractivity contribution in [3.8, 4) is 0 Å². The molecule has 5 nitrogen and oxygen atoms in total. The molecule has 0 spiro atoms. The van der Waals surface area contributed by atoms with Gasteiger partial charge in [-0.25, -0.2) is 0 Å². The molecule has 198 valence electrons. The number of carbonyl (C=O) groups excluding carboxylic acids is 2. The number of para-hydroxylation sites is 1. The Morgan fingerprint density at radius 1 is 1.08 bits per heavy atom. The Labute approximate surface area is 209 Å². The molecule has 11 heteroatoms. The fourth-order valence-corrected chi connectivity index (χ4v) is 4.38.